The van der Waals surface area contributed by atoms with E-state index in [1.165, 1.54) is 5.56 Å². The van der Waals surface area contributed by atoms with Gasteiger partial charge >= 0.3 is 0 Å². The summed E-state index contributed by atoms with van der Waals surface area (Å²) in [5.41, 5.74) is 1.19. The Morgan fingerprint density at radius 3 is 2.59 bits per heavy atom. The second-order valence-corrected chi connectivity index (χ2v) is 5.48. The van der Waals surface area contributed by atoms with Gasteiger partial charge in [-0.3, -0.25) is 4.99 Å². The summed E-state index contributed by atoms with van der Waals surface area (Å²) in [7, 11) is 1.84. The molecule has 0 aromatic carbocycles. The summed E-state index contributed by atoms with van der Waals surface area (Å²) < 4.78 is 11.2. The van der Waals surface area contributed by atoms with E-state index in [9.17, 15) is 0 Å². The average molecular weight is 421 g/mol. The minimum Gasteiger partial charge on any atom is -0.466 e. The topological polar surface area (TPSA) is 50.0 Å². The number of hydrogen-bond acceptors (Lipinski definition) is 3. The predicted octanol–water partition coefficient (Wildman–Crippen LogP) is 3.09. The van der Waals surface area contributed by atoms with Crippen molar-refractivity contribution in [3.8, 4) is 0 Å². The number of aliphatic imine (C=N–C) groups is 1. The van der Waals surface area contributed by atoms with Gasteiger partial charge in [0.2, 0.25) is 0 Å². The lowest BCUT2D eigenvalue weighted by atomic mass is 10.1. The molecule has 2 heterocycles. The third-order valence-electron chi connectivity index (χ3n) is 3.94. The first-order chi connectivity index (χ1) is 10.1. The predicted molar refractivity (Wildman–Crippen MR) is 100 cm³/mol. The number of furan rings is 1. The number of aryl methyl sites for hydroxylation is 2. The molecule has 1 N–H and O–H groups in total. The number of nitrogens with zero attached hydrogens (tertiary/aromatic N) is 2. The number of piperidine rings is 1. The van der Waals surface area contributed by atoms with Crippen molar-refractivity contribution in [3.63, 3.8) is 0 Å². The van der Waals surface area contributed by atoms with Gasteiger partial charge in [0.25, 0.3) is 0 Å². The van der Waals surface area contributed by atoms with Crippen LogP contribution in [0.1, 0.15) is 36.8 Å². The first kappa shape index (κ1) is 19.3. The maximum Gasteiger partial charge on any atom is 0.193 e. The lowest BCUT2D eigenvalue weighted by Gasteiger charge is -2.34. The monoisotopic (exact) mass is 421 g/mol. The van der Waals surface area contributed by atoms with Crippen molar-refractivity contribution in [3.05, 3.63) is 23.2 Å². The largest absolute Gasteiger partial charge is 0.466 e. The SMILES string of the molecule is CCOC1CCN(C(=NC)NCc2cc(C)oc2C)CC1.I. The zero-order valence-corrected chi connectivity index (χ0v) is 16.3. The van der Waals surface area contributed by atoms with Crippen LogP contribution >= 0.6 is 24.0 Å². The Kier molecular flexibility index (Phi) is 8.24. The molecule has 2 rings (SSSR count). The van der Waals surface area contributed by atoms with Gasteiger partial charge in [-0.15, -0.1) is 24.0 Å². The van der Waals surface area contributed by atoms with Crippen molar-refractivity contribution in [1.29, 1.82) is 0 Å². The van der Waals surface area contributed by atoms with E-state index in [1.807, 2.05) is 20.9 Å². The highest BCUT2D eigenvalue weighted by atomic mass is 127. The lowest BCUT2D eigenvalue weighted by molar-refractivity contribution is 0.0263. The van der Waals surface area contributed by atoms with Gasteiger partial charge in [-0.2, -0.15) is 0 Å². The highest BCUT2D eigenvalue weighted by Crippen LogP contribution is 2.15. The van der Waals surface area contributed by atoms with E-state index in [0.29, 0.717) is 6.10 Å². The van der Waals surface area contributed by atoms with Gasteiger partial charge in [-0.05, 0) is 39.7 Å². The van der Waals surface area contributed by atoms with Crippen molar-refractivity contribution < 1.29 is 9.15 Å². The Hall–Kier alpha value is -0.760. The van der Waals surface area contributed by atoms with Crippen LogP contribution in [0.2, 0.25) is 0 Å². The number of guanidine groups is 1. The molecule has 0 bridgehead atoms. The summed E-state index contributed by atoms with van der Waals surface area (Å²) in [6, 6.07) is 2.08. The van der Waals surface area contributed by atoms with Crippen molar-refractivity contribution >= 4 is 29.9 Å². The number of nitrogens with one attached hydrogen (secondary N) is 1. The maximum absolute atomic E-state index is 5.69. The Labute approximate surface area is 150 Å². The highest BCUT2D eigenvalue weighted by Gasteiger charge is 2.21. The molecule has 1 aromatic heterocycles. The van der Waals surface area contributed by atoms with Crippen LogP contribution < -0.4 is 5.32 Å². The van der Waals surface area contributed by atoms with Gasteiger partial charge in [0.1, 0.15) is 11.5 Å². The van der Waals surface area contributed by atoms with Crippen LogP contribution in [0.3, 0.4) is 0 Å². The molecule has 1 aliphatic rings. The first-order valence-corrected chi connectivity index (χ1v) is 7.77. The number of likely N-dealkylation sites (tertiary alicyclic amines) is 1. The van der Waals surface area contributed by atoms with Crippen LogP contribution in [0.5, 0.6) is 0 Å². The zero-order valence-electron chi connectivity index (χ0n) is 14.0. The average Bonchev–Trinajstić information content (AvgIpc) is 2.80. The van der Waals surface area contributed by atoms with Crippen molar-refractivity contribution in [2.75, 3.05) is 26.7 Å². The van der Waals surface area contributed by atoms with Gasteiger partial charge in [0.15, 0.2) is 5.96 Å². The molecule has 6 heteroatoms. The second kappa shape index (κ2) is 9.39. The number of halogens is 1. The van der Waals surface area contributed by atoms with E-state index >= 15 is 0 Å². The van der Waals surface area contributed by atoms with Crippen LogP contribution in [0.25, 0.3) is 0 Å². The molecule has 0 saturated carbocycles. The van der Waals surface area contributed by atoms with Gasteiger partial charge in [-0.1, -0.05) is 0 Å². The van der Waals surface area contributed by atoms with E-state index in [1.54, 1.807) is 0 Å². The van der Waals surface area contributed by atoms with Gasteiger partial charge in [0, 0.05) is 38.9 Å². The Balaban J connectivity index is 0.00000242. The van der Waals surface area contributed by atoms with Crippen molar-refractivity contribution in [1.82, 2.24) is 10.2 Å². The summed E-state index contributed by atoms with van der Waals surface area (Å²) >= 11 is 0. The molecule has 1 saturated heterocycles. The summed E-state index contributed by atoms with van der Waals surface area (Å²) in [5.74, 6) is 2.89. The Morgan fingerprint density at radius 2 is 2.09 bits per heavy atom. The number of hydrogen-bond donors (Lipinski definition) is 1. The van der Waals surface area contributed by atoms with Gasteiger partial charge in [0.05, 0.1) is 6.10 Å². The lowest BCUT2D eigenvalue weighted by Crippen LogP contribution is -2.46. The first-order valence-electron chi connectivity index (χ1n) is 7.77. The molecule has 1 fully saturated rings. The molecular formula is C16H28IN3O2. The van der Waals surface area contributed by atoms with Crippen molar-refractivity contribution in [2.24, 2.45) is 4.99 Å². The fourth-order valence-corrected chi connectivity index (χ4v) is 2.84. The summed E-state index contributed by atoms with van der Waals surface area (Å²) in [4.78, 5) is 6.70. The molecule has 1 aromatic rings. The zero-order chi connectivity index (χ0) is 15.2. The fourth-order valence-electron chi connectivity index (χ4n) is 2.84. The molecule has 5 nitrogen and oxygen atoms in total. The maximum atomic E-state index is 5.69. The Bertz CT molecular complexity index is 480. The highest BCUT2D eigenvalue weighted by molar-refractivity contribution is 14.0. The Morgan fingerprint density at radius 1 is 1.41 bits per heavy atom. The molecule has 0 amide bonds. The van der Waals surface area contributed by atoms with Crippen LogP contribution in [0.4, 0.5) is 0 Å². The third kappa shape index (κ3) is 5.15. The van der Waals surface area contributed by atoms with Gasteiger partial charge < -0.3 is 19.4 Å². The molecule has 1 aliphatic heterocycles. The normalized spacial score (nSPS) is 16.5. The summed E-state index contributed by atoms with van der Waals surface area (Å²) in [6.07, 6.45) is 2.54. The number of ether oxygens (including phenoxy) is 1. The van der Waals surface area contributed by atoms with E-state index < -0.39 is 0 Å². The quantitative estimate of drug-likeness (QED) is 0.461. The van der Waals surface area contributed by atoms with Crippen molar-refractivity contribution in [2.45, 2.75) is 46.3 Å². The van der Waals surface area contributed by atoms with Crippen LogP contribution in [0.15, 0.2) is 15.5 Å². The molecule has 0 radical (unpaired) electrons. The second-order valence-electron chi connectivity index (χ2n) is 5.48. The van der Waals surface area contributed by atoms with E-state index in [4.69, 9.17) is 9.15 Å². The number of rotatable bonds is 4. The minimum absolute atomic E-state index is 0. The molecule has 0 atom stereocenters. The summed E-state index contributed by atoms with van der Waals surface area (Å²) in [6.45, 7) is 9.58. The molecule has 0 aliphatic carbocycles. The third-order valence-corrected chi connectivity index (χ3v) is 3.94. The molecule has 0 unspecified atom stereocenters. The molecule has 22 heavy (non-hydrogen) atoms. The van der Waals surface area contributed by atoms with E-state index in [0.717, 1.165) is 56.6 Å². The van der Waals surface area contributed by atoms with E-state index in [2.05, 4.69) is 28.2 Å². The van der Waals surface area contributed by atoms with Gasteiger partial charge in [-0.25, -0.2) is 0 Å². The molecule has 0 spiro atoms. The van der Waals surface area contributed by atoms with E-state index in [-0.39, 0.29) is 24.0 Å². The standard InChI is InChI=1S/C16H27N3O2.HI/c1-5-20-15-6-8-19(9-7-15)16(17-4)18-11-14-10-12(2)21-13(14)3;/h10,15H,5-9,11H2,1-4H3,(H,17,18);1H. The fraction of sp³-hybridized carbons (Fsp3) is 0.688. The molecule has 126 valence electrons. The van der Waals surface area contributed by atoms with Crippen LogP contribution in [0, 0.1) is 13.8 Å². The van der Waals surface area contributed by atoms with Crippen LogP contribution in [-0.2, 0) is 11.3 Å². The smallest absolute Gasteiger partial charge is 0.193 e. The minimum atomic E-state index is 0. The summed E-state index contributed by atoms with van der Waals surface area (Å²) in [5, 5.41) is 3.43. The van der Waals surface area contributed by atoms with Crippen LogP contribution in [-0.4, -0.2) is 43.7 Å². The molecular weight excluding hydrogens is 393 g/mol.